The maximum Gasteiger partial charge on any atom is 0.262 e. The van der Waals surface area contributed by atoms with Crippen molar-refractivity contribution in [1.82, 2.24) is 0 Å². The molecule has 2 aromatic rings. The van der Waals surface area contributed by atoms with Crippen LogP contribution in [-0.2, 0) is 4.79 Å². The Morgan fingerprint density at radius 2 is 1.95 bits per heavy atom. The van der Waals surface area contributed by atoms with Gasteiger partial charge >= 0.3 is 0 Å². The molecule has 0 fully saturated rings. The van der Waals surface area contributed by atoms with E-state index in [2.05, 4.69) is 21.2 Å². The van der Waals surface area contributed by atoms with E-state index in [1.54, 1.807) is 0 Å². The van der Waals surface area contributed by atoms with Crippen molar-refractivity contribution < 1.29 is 18.3 Å². The second-order valence-corrected chi connectivity index (χ2v) is 5.09. The SMILES string of the molecule is Nc1ccc(F)cc1NC(=O)COc1cc(F)cc(Br)c1. The van der Waals surface area contributed by atoms with Crippen LogP contribution in [-0.4, -0.2) is 12.5 Å². The summed E-state index contributed by atoms with van der Waals surface area (Å²) in [6, 6.07) is 7.56. The highest BCUT2D eigenvalue weighted by Crippen LogP contribution is 2.21. The van der Waals surface area contributed by atoms with Crippen molar-refractivity contribution in [2.45, 2.75) is 0 Å². The molecule has 0 heterocycles. The summed E-state index contributed by atoms with van der Waals surface area (Å²) in [6.45, 7) is -0.355. The number of rotatable bonds is 4. The number of benzene rings is 2. The van der Waals surface area contributed by atoms with Crippen LogP contribution in [0.25, 0.3) is 0 Å². The number of hydrogen-bond donors (Lipinski definition) is 2. The zero-order valence-electron chi connectivity index (χ0n) is 10.7. The molecule has 0 atom stereocenters. The number of halogens is 3. The highest BCUT2D eigenvalue weighted by atomic mass is 79.9. The minimum atomic E-state index is -0.535. The first-order chi connectivity index (χ1) is 9.94. The number of nitrogen functional groups attached to an aromatic ring is 1. The van der Waals surface area contributed by atoms with Crippen molar-refractivity contribution in [3.63, 3.8) is 0 Å². The zero-order valence-corrected chi connectivity index (χ0v) is 12.3. The van der Waals surface area contributed by atoms with Gasteiger partial charge in [-0.25, -0.2) is 8.78 Å². The summed E-state index contributed by atoms with van der Waals surface area (Å²) >= 11 is 3.11. The third-order valence-electron chi connectivity index (χ3n) is 2.50. The van der Waals surface area contributed by atoms with Crippen LogP contribution >= 0.6 is 15.9 Å². The van der Waals surface area contributed by atoms with Gasteiger partial charge in [0.1, 0.15) is 17.4 Å². The number of ether oxygens (including phenoxy) is 1. The van der Waals surface area contributed by atoms with Crippen LogP contribution in [0.1, 0.15) is 0 Å². The molecule has 0 aliphatic carbocycles. The number of anilines is 2. The summed E-state index contributed by atoms with van der Waals surface area (Å²) in [7, 11) is 0. The van der Waals surface area contributed by atoms with Gasteiger partial charge in [-0.3, -0.25) is 4.79 Å². The van der Waals surface area contributed by atoms with Crippen molar-refractivity contribution in [2.75, 3.05) is 17.7 Å². The van der Waals surface area contributed by atoms with Gasteiger partial charge in [-0.05, 0) is 30.3 Å². The molecule has 110 valence electrons. The Morgan fingerprint density at radius 1 is 1.19 bits per heavy atom. The largest absolute Gasteiger partial charge is 0.484 e. The van der Waals surface area contributed by atoms with Gasteiger partial charge in [0.15, 0.2) is 6.61 Å². The van der Waals surface area contributed by atoms with E-state index < -0.39 is 17.5 Å². The summed E-state index contributed by atoms with van der Waals surface area (Å²) in [5, 5.41) is 2.42. The molecular weight excluding hydrogens is 346 g/mol. The van der Waals surface area contributed by atoms with Crippen molar-refractivity contribution >= 4 is 33.2 Å². The van der Waals surface area contributed by atoms with Crippen LogP contribution in [0.4, 0.5) is 20.2 Å². The van der Waals surface area contributed by atoms with Crippen LogP contribution < -0.4 is 15.8 Å². The number of carbonyl (C=O) groups is 1. The lowest BCUT2D eigenvalue weighted by Gasteiger charge is -2.10. The molecule has 4 nitrogen and oxygen atoms in total. The molecule has 0 aliphatic rings. The molecule has 0 aliphatic heterocycles. The summed E-state index contributed by atoms with van der Waals surface area (Å²) < 4.78 is 31.8. The van der Waals surface area contributed by atoms with E-state index in [0.717, 1.165) is 12.1 Å². The molecule has 0 unspecified atom stereocenters. The molecule has 0 radical (unpaired) electrons. The molecule has 2 aromatic carbocycles. The summed E-state index contributed by atoms with van der Waals surface area (Å²) in [4.78, 5) is 11.7. The van der Waals surface area contributed by atoms with Crippen LogP contribution in [0.15, 0.2) is 40.9 Å². The van der Waals surface area contributed by atoms with E-state index in [0.29, 0.717) is 4.47 Å². The molecule has 0 saturated heterocycles. The topological polar surface area (TPSA) is 64.3 Å². The first-order valence-corrected chi connectivity index (χ1v) is 6.67. The lowest BCUT2D eigenvalue weighted by molar-refractivity contribution is -0.118. The van der Waals surface area contributed by atoms with Gasteiger partial charge in [-0.15, -0.1) is 0 Å². The first-order valence-electron chi connectivity index (χ1n) is 5.88. The fourth-order valence-corrected chi connectivity index (χ4v) is 2.03. The molecule has 0 spiro atoms. The predicted octanol–water partition coefficient (Wildman–Crippen LogP) is 3.33. The number of amides is 1. The number of nitrogens with two attached hydrogens (primary N) is 1. The van der Waals surface area contributed by atoms with Crippen molar-refractivity contribution in [3.8, 4) is 5.75 Å². The van der Waals surface area contributed by atoms with E-state index in [1.165, 1.54) is 24.3 Å². The fraction of sp³-hybridized carbons (Fsp3) is 0.0714. The molecule has 0 aromatic heterocycles. The van der Waals surface area contributed by atoms with Crippen LogP contribution in [0.3, 0.4) is 0 Å². The van der Waals surface area contributed by atoms with Gasteiger partial charge in [0.05, 0.1) is 11.4 Å². The van der Waals surface area contributed by atoms with Gasteiger partial charge in [0.2, 0.25) is 0 Å². The Hall–Kier alpha value is -2.15. The smallest absolute Gasteiger partial charge is 0.262 e. The Morgan fingerprint density at radius 3 is 2.67 bits per heavy atom. The molecule has 2 rings (SSSR count). The maximum absolute atomic E-state index is 13.1. The Kier molecular flexibility index (Phi) is 4.74. The van der Waals surface area contributed by atoms with E-state index in [9.17, 15) is 13.6 Å². The fourth-order valence-electron chi connectivity index (χ4n) is 1.58. The summed E-state index contributed by atoms with van der Waals surface area (Å²) in [5.74, 6) is -1.35. The second kappa shape index (κ2) is 6.53. The minimum Gasteiger partial charge on any atom is -0.484 e. The average molecular weight is 357 g/mol. The average Bonchev–Trinajstić information content (AvgIpc) is 2.40. The van der Waals surface area contributed by atoms with Gasteiger partial charge < -0.3 is 15.8 Å². The number of hydrogen-bond acceptors (Lipinski definition) is 3. The standard InChI is InChI=1S/C14H11BrF2N2O2/c15-8-3-10(17)5-11(4-8)21-7-14(20)19-13-6-9(16)1-2-12(13)18/h1-6H,7,18H2,(H,19,20). The summed E-state index contributed by atoms with van der Waals surface area (Å²) in [6.07, 6.45) is 0. The van der Waals surface area contributed by atoms with Crippen LogP contribution in [0.5, 0.6) is 5.75 Å². The van der Waals surface area contributed by atoms with E-state index in [1.807, 2.05) is 0 Å². The highest BCUT2D eigenvalue weighted by molar-refractivity contribution is 9.10. The molecule has 3 N–H and O–H groups in total. The van der Waals surface area contributed by atoms with Crippen molar-refractivity contribution in [3.05, 3.63) is 52.5 Å². The number of nitrogens with one attached hydrogen (secondary N) is 1. The predicted molar refractivity (Wildman–Crippen MR) is 79.0 cm³/mol. The monoisotopic (exact) mass is 356 g/mol. The normalized spacial score (nSPS) is 10.2. The lowest BCUT2D eigenvalue weighted by atomic mass is 10.2. The third kappa shape index (κ3) is 4.42. The molecule has 0 saturated carbocycles. The van der Waals surface area contributed by atoms with E-state index in [4.69, 9.17) is 10.5 Å². The van der Waals surface area contributed by atoms with Crippen LogP contribution in [0.2, 0.25) is 0 Å². The quantitative estimate of drug-likeness (QED) is 0.825. The molecule has 0 bridgehead atoms. The van der Waals surface area contributed by atoms with Crippen molar-refractivity contribution in [2.24, 2.45) is 0 Å². The zero-order chi connectivity index (χ0) is 15.4. The first kappa shape index (κ1) is 15.2. The minimum absolute atomic E-state index is 0.157. The van der Waals surface area contributed by atoms with Crippen LogP contribution in [0, 0.1) is 11.6 Å². The third-order valence-corrected chi connectivity index (χ3v) is 2.95. The molecular formula is C14H11BrF2N2O2. The van der Waals surface area contributed by atoms with Gasteiger partial charge in [-0.1, -0.05) is 15.9 Å². The van der Waals surface area contributed by atoms with Crippen molar-refractivity contribution in [1.29, 1.82) is 0 Å². The Labute approximate surface area is 128 Å². The van der Waals surface area contributed by atoms with E-state index >= 15 is 0 Å². The van der Waals surface area contributed by atoms with Gasteiger partial charge in [0.25, 0.3) is 5.91 Å². The lowest BCUT2D eigenvalue weighted by Crippen LogP contribution is -2.21. The number of carbonyl (C=O) groups excluding carboxylic acids is 1. The molecule has 7 heteroatoms. The summed E-state index contributed by atoms with van der Waals surface area (Å²) in [5.41, 5.74) is 6.00. The Bertz CT molecular complexity index is 660. The van der Waals surface area contributed by atoms with Gasteiger partial charge in [-0.2, -0.15) is 0 Å². The maximum atomic E-state index is 13.1. The highest BCUT2D eigenvalue weighted by Gasteiger charge is 2.08. The van der Waals surface area contributed by atoms with Gasteiger partial charge in [0, 0.05) is 10.5 Å². The Balaban J connectivity index is 1.97. The second-order valence-electron chi connectivity index (χ2n) is 4.17. The van der Waals surface area contributed by atoms with E-state index in [-0.39, 0.29) is 23.7 Å². The molecule has 1 amide bonds. The molecule has 21 heavy (non-hydrogen) atoms.